The second-order valence-corrected chi connectivity index (χ2v) is 4.81. The lowest BCUT2D eigenvalue weighted by atomic mass is 9.86. The molecule has 0 bridgehead atoms. The van der Waals surface area contributed by atoms with Crippen LogP contribution in [-0.2, 0) is 0 Å². The second-order valence-electron chi connectivity index (χ2n) is 3.56. The third kappa shape index (κ3) is 2.59. The van der Waals surface area contributed by atoms with Gasteiger partial charge in [0.1, 0.15) is 5.75 Å². The maximum atomic E-state index is 5.66. The molecule has 0 saturated heterocycles. The first-order valence-corrected chi connectivity index (χ1v) is 5.81. The van der Waals surface area contributed by atoms with Gasteiger partial charge in [0, 0.05) is 3.57 Å². The summed E-state index contributed by atoms with van der Waals surface area (Å²) < 4.78 is 6.92. The minimum absolute atomic E-state index is 0.819. The van der Waals surface area contributed by atoms with Gasteiger partial charge in [-0.15, -0.1) is 0 Å². The van der Waals surface area contributed by atoms with Gasteiger partial charge in [0.05, 0.1) is 6.61 Å². The van der Waals surface area contributed by atoms with Gasteiger partial charge in [-0.25, -0.2) is 0 Å². The van der Waals surface area contributed by atoms with Crippen molar-refractivity contribution in [2.24, 2.45) is 5.92 Å². The van der Waals surface area contributed by atoms with E-state index in [1.807, 2.05) is 12.1 Å². The van der Waals surface area contributed by atoms with E-state index in [2.05, 4.69) is 34.7 Å². The van der Waals surface area contributed by atoms with E-state index in [4.69, 9.17) is 4.74 Å². The smallest absolute Gasteiger partial charge is 0.119 e. The van der Waals surface area contributed by atoms with Gasteiger partial charge in [-0.1, -0.05) is 6.42 Å². The van der Waals surface area contributed by atoms with E-state index in [1.165, 1.54) is 22.8 Å². The normalized spacial score (nSPS) is 16.7. The largest absolute Gasteiger partial charge is 0.493 e. The van der Waals surface area contributed by atoms with Crippen LogP contribution in [0.1, 0.15) is 19.3 Å². The summed E-state index contributed by atoms with van der Waals surface area (Å²) in [6.07, 6.45) is 4.09. The molecule has 0 aliphatic heterocycles. The van der Waals surface area contributed by atoms with E-state index < -0.39 is 0 Å². The molecule has 1 aliphatic rings. The number of halogens is 1. The fraction of sp³-hybridized carbons (Fsp3) is 0.455. The number of hydrogen-bond acceptors (Lipinski definition) is 1. The van der Waals surface area contributed by atoms with Crippen LogP contribution in [-0.4, -0.2) is 6.61 Å². The first kappa shape index (κ1) is 9.31. The minimum atomic E-state index is 0.819. The molecule has 1 aromatic rings. The van der Waals surface area contributed by atoms with Crippen molar-refractivity contribution in [3.8, 4) is 5.75 Å². The van der Waals surface area contributed by atoms with Crippen molar-refractivity contribution in [3.63, 3.8) is 0 Å². The van der Waals surface area contributed by atoms with Crippen LogP contribution >= 0.6 is 22.6 Å². The highest BCUT2D eigenvalue weighted by Gasteiger charge is 2.17. The molecule has 1 fully saturated rings. The lowest BCUT2D eigenvalue weighted by molar-refractivity contribution is 0.180. The Kier molecular flexibility index (Phi) is 3.09. The van der Waals surface area contributed by atoms with Gasteiger partial charge in [0.2, 0.25) is 0 Å². The predicted molar refractivity (Wildman–Crippen MR) is 62.0 cm³/mol. The molecule has 0 N–H and O–H groups in total. The van der Waals surface area contributed by atoms with Gasteiger partial charge in [0.15, 0.2) is 0 Å². The summed E-state index contributed by atoms with van der Waals surface area (Å²) in [5.41, 5.74) is 0. The number of ether oxygens (including phenoxy) is 1. The standard InChI is InChI=1S/C11H13IO/c12-10-4-6-11(7-5-10)13-8-9-2-1-3-9/h4-7,9H,1-3,8H2. The van der Waals surface area contributed by atoms with Crippen LogP contribution in [0.25, 0.3) is 0 Å². The van der Waals surface area contributed by atoms with Crippen LogP contribution < -0.4 is 4.74 Å². The Bertz CT molecular complexity index is 264. The molecule has 1 aromatic carbocycles. The van der Waals surface area contributed by atoms with E-state index in [0.29, 0.717) is 0 Å². The quantitative estimate of drug-likeness (QED) is 0.774. The highest BCUT2D eigenvalue weighted by Crippen LogP contribution is 2.27. The zero-order valence-corrected chi connectivity index (χ0v) is 9.66. The first-order chi connectivity index (χ1) is 6.34. The maximum absolute atomic E-state index is 5.66. The SMILES string of the molecule is Ic1ccc(OCC2CCC2)cc1. The van der Waals surface area contributed by atoms with Crippen LogP contribution in [0.3, 0.4) is 0 Å². The van der Waals surface area contributed by atoms with Crippen LogP contribution in [0, 0.1) is 9.49 Å². The zero-order chi connectivity index (χ0) is 9.10. The molecule has 0 aromatic heterocycles. The Labute approximate surface area is 92.6 Å². The molecule has 1 nitrogen and oxygen atoms in total. The third-order valence-electron chi connectivity index (χ3n) is 2.52. The Balaban J connectivity index is 1.83. The summed E-state index contributed by atoms with van der Waals surface area (Å²) in [4.78, 5) is 0. The van der Waals surface area contributed by atoms with Crippen LogP contribution in [0.5, 0.6) is 5.75 Å². The molecule has 2 heteroatoms. The monoisotopic (exact) mass is 288 g/mol. The molecule has 0 amide bonds. The summed E-state index contributed by atoms with van der Waals surface area (Å²) in [5, 5.41) is 0. The van der Waals surface area contributed by atoms with Gasteiger partial charge in [-0.2, -0.15) is 0 Å². The summed E-state index contributed by atoms with van der Waals surface area (Å²) >= 11 is 2.30. The molecule has 0 radical (unpaired) electrons. The molecular weight excluding hydrogens is 275 g/mol. The summed E-state index contributed by atoms with van der Waals surface area (Å²) in [7, 11) is 0. The fourth-order valence-corrected chi connectivity index (χ4v) is 1.76. The molecule has 70 valence electrons. The predicted octanol–water partition coefficient (Wildman–Crippen LogP) is 3.47. The van der Waals surface area contributed by atoms with Crippen molar-refractivity contribution in [1.29, 1.82) is 0 Å². The molecule has 13 heavy (non-hydrogen) atoms. The van der Waals surface area contributed by atoms with Gasteiger partial charge in [0.25, 0.3) is 0 Å². The number of hydrogen-bond donors (Lipinski definition) is 0. The Hall–Kier alpha value is -0.250. The van der Waals surface area contributed by atoms with Crippen molar-refractivity contribution >= 4 is 22.6 Å². The van der Waals surface area contributed by atoms with Crippen molar-refractivity contribution in [3.05, 3.63) is 27.8 Å². The van der Waals surface area contributed by atoms with Crippen LogP contribution in [0.4, 0.5) is 0 Å². The lowest BCUT2D eigenvalue weighted by Gasteiger charge is -2.25. The second kappa shape index (κ2) is 4.31. The Morgan fingerprint density at radius 2 is 1.92 bits per heavy atom. The maximum Gasteiger partial charge on any atom is 0.119 e. The molecule has 1 aliphatic carbocycles. The third-order valence-corrected chi connectivity index (χ3v) is 3.24. The Morgan fingerprint density at radius 1 is 1.23 bits per heavy atom. The van der Waals surface area contributed by atoms with Crippen molar-refractivity contribution < 1.29 is 4.74 Å². The molecule has 0 spiro atoms. The topological polar surface area (TPSA) is 9.23 Å². The van der Waals surface area contributed by atoms with Crippen molar-refractivity contribution in [2.45, 2.75) is 19.3 Å². The molecule has 0 heterocycles. The van der Waals surface area contributed by atoms with Gasteiger partial charge < -0.3 is 4.74 Å². The molecular formula is C11H13IO. The van der Waals surface area contributed by atoms with Gasteiger partial charge in [-0.3, -0.25) is 0 Å². The van der Waals surface area contributed by atoms with E-state index in [-0.39, 0.29) is 0 Å². The van der Waals surface area contributed by atoms with E-state index >= 15 is 0 Å². The highest BCUT2D eigenvalue weighted by atomic mass is 127. The average molecular weight is 288 g/mol. The van der Waals surface area contributed by atoms with Gasteiger partial charge in [-0.05, 0) is 65.6 Å². The molecule has 0 atom stereocenters. The van der Waals surface area contributed by atoms with E-state index in [0.717, 1.165) is 18.3 Å². The summed E-state index contributed by atoms with van der Waals surface area (Å²) in [6, 6.07) is 8.24. The van der Waals surface area contributed by atoms with Crippen LogP contribution in [0.2, 0.25) is 0 Å². The zero-order valence-electron chi connectivity index (χ0n) is 7.50. The minimum Gasteiger partial charge on any atom is -0.493 e. The van der Waals surface area contributed by atoms with Crippen molar-refractivity contribution in [1.82, 2.24) is 0 Å². The summed E-state index contributed by atoms with van der Waals surface area (Å²) in [6.45, 7) is 0.903. The highest BCUT2D eigenvalue weighted by molar-refractivity contribution is 14.1. The fourth-order valence-electron chi connectivity index (χ4n) is 1.40. The lowest BCUT2D eigenvalue weighted by Crippen LogP contribution is -2.19. The van der Waals surface area contributed by atoms with Gasteiger partial charge >= 0.3 is 0 Å². The van der Waals surface area contributed by atoms with E-state index in [1.54, 1.807) is 0 Å². The van der Waals surface area contributed by atoms with E-state index in [9.17, 15) is 0 Å². The first-order valence-electron chi connectivity index (χ1n) is 4.73. The average Bonchev–Trinajstić information content (AvgIpc) is 2.05. The Morgan fingerprint density at radius 3 is 2.46 bits per heavy atom. The van der Waals surface area contributed by atoms with Crippen molar-refractivity contribution in [2.75, 3.05) is 6.61 Å². The number of rotatable bonds is 3. The molecule has 1 saturated carbocycles. The number of benzene rings is 1. The summed E-state index contributed by atoms with van der Waals surface area (Å²) in [5.74, 6) is 1.83. The molecule has 0 unspecified atom stereocenters. The molecule has 2 rings (SSSR count). The van der Waals surface area contributed by atoms with Crippen LogP contribution in [0.15, 0.2) is 24.3 Å².